The summed E-state index contributed by atoms with van der Waals surface area (Å²) in [6.07, 6.45) is 0. The van der Waals surface area contributed by atoms with Gasteiger partial charge in [-0.15, -0.1) is 0 Å². The van der Waals surface area contributed by atoms with Crippen molar-refractivity contribution >= 4 is 17.3 Å². The highest BCUT2D eigenvalue weighted by atomic mass is 16.1. The van der Waals surface area contributed by atoms with E-state index in [0.29, 0.717) is 5.56 Å². The Morgan fingerprint density at radius 3 is 2.16 bits per heavy atom. The van der Waals surface area contributed by atoms with Crippen LogP contribution in [0.2, 0.25) is 0 Å². The van der Waals surface area contributed by atoms with Crippen LogP contribution >= 0.6 is 0 Å². The Balaban J connectivity index is 1.39. The molecule has 1 aliphatic rings. The predicted octanol–water partition coefficient (Wildman–Crippen LogP) is 4.79. The molecule has 0 radical (unpaired) electrons. The first-order chi connectivity index (χ1) is 15.6. The van der Waals surface area contributed by atoms with Gasteiger partial charge in [0, 0.05) is 54.2 Å². The molecule has 0 unspecified atom stereocenters. The lowest BCUT2D eigenvalue weighted by atomic mass is 10.1. The molecule has 1 fully saturated rings. The quantitative estimate of drug-likeness (QED) is 0.613. The normalized spacial score (nSPS) is 13.9. The summed E-state index contributed by atoms with van der Waals surface area (Å²) < 4.78 is 0. The largest absolute Gasteiger partial charge is 0.369 e. The summed E-state index contributed by atoms with van der Waals surface area (Å²) in [5.41, 5.74) is 5.61. The number of piperazine rings is 1. The van der Waals surface area contributed by atoms with Gasteiger partial charge in [-0.2, -0.15) is 0 Å². The number of aryl methyl sites for hydroxylation is 1. The zero-order valence-electron chi connectivity index (χ0n) is 18.8. The van der Waals surface area contributed by atoms with Crippen LogP contribution in [-0.4, -0.2) is 43.5 Å². The van der Waals surface area contributed by atoms with Gasteiger partial charge in [0.05, 0.1) is 0 Å². The second-order valence-corrected chi connectivity index (χ2v) is 8.07. The van der Waals surface area contributed by atoms with Crippen LogP contribution in [0.1, 0.15) is 34.0 Å². The highest BCUT2D eigenvalue weighted by molar-refractivity contribution is 6.04. The molecule has 3 aromatic carbocycles. The molecule has 0 aliphatic carbocycles. The van der Waals surface area contributed by atoms with Crippen molar-refractivity contribution in [2.24, 2.45) is 0 Å². The summed E-state index contributed by atoms with van der Waals surface area (Å²) in [4.78, 5) is 17.6. The van der Waals surface area contributed by atoms with E-state index in [0.717, 1.165) is 55.1 Å². The number of benzene rings is 3. The minimum Gasteiger partial charge on any atom is -0.369 e. The fourth-order valence-electron chi connectivity index (χ4n) is 3.87. The van der Waals surface area contributed by atoms with Gasteiger partial charge >= 0.3 is 0 Å². The van der Waals surface area contributed by atoms with Gasteiger partial charge in [-0.25, -0.2) is 0 Å². The average Bonchev–Trinajstić information content (AvgIpc) is 2.85. The summed E-state index contributed by atoms with van der Waals surface area (Å²) in [5.74, 6) is 6.17. The van der Waals surface area contributed by atoms with E-state index in [4.69, 9.17) is 0 Å². The zero-order valence-corrected chi connectivity index (χ0v) is 18.8. The van der Waals surface area contributed by atoms with E-state index in [1.54, 1.807) is 0 Å². The van der Waals surface area contributed by atoms with Gasteiger partial charge in [0.15, 0.2) is 0 Å². The molecule has 0 aromatic heterocycles. The van der Waals surface area contributed by atoms with Crippen molar-refractivity contribution in [2.45, 2.75) is 13.8 Å². The summed E-state index contributed by atoms with van der Waals surface area (Å²) in [7, 11) is 0. The molecule has 32 heavy (non-hydrogen) atoms. The topological polar surface area (TPSA) is 35.6 Å². The van der Waals surface area contributed by atoms with Crippen molar-refractivity contribution < 1.29 is 4.79 Å². The molecule has 1 amide bonds. The predicted molar refractivity (Wildman–Crippen MR) is 132 cm³/mol. The number of nitrogens with one attached hydrogen (secondary N) is 1. The molecule has 1 N–H and O–H groups in total. The van der Waals surface area contributed by atoms with Crippen LogP contribution in [0.3, 0.4) is 0 Å². The molecule has 1 saturated heterocycles. The van der Waals surface area contributed by atoms with E-state index >= 15 is 0 Å². The van der Waals surface area contributed by atoms with Gasteiger partial charge in [0.2, 0.25) is 0 Å². The lowest BCUT2D eigenvalue weighted by Gasteiger charge is -2.35. The van der Waals surface area contributed by atoms with Crippen LogP contribution in [0.25, 0.3) is 0 Å². The molecule has 1 aliphatic heterocycles. The smallest absolute Gasteiger partial charge is 0.255 e. The second kappa shape index (κ2) is 10.2. The molecule has 4 heteroatoms. The highest BCUT2D eigenvalue weighted by Crippen LogP contribution is 2.24. The molecule has 1 heterocycles. The van der Waals surface area contributed by atoms with Gasteiger partial charge < -0.3 is 15.1 Å². The molecular weight excluding hydrogens is 394 g/mol. The molecule has 0 atom stereocenters. The minimum atomic E-state index is -0.111. The lowest BCUT2D eigenvalue weighted by molar-refractivity contribution is 0.102. The maximum absolute atomic E-state index is 12.7. The standard InChI is InChI=1S/C28H29N3O/c1-3-30-17-19-31(20-18-30)26-15-16-27(22(2)21-26)29-28(32)25-13-11-24(12-14-25)10-9-23-7-5-4-6-8-23/h4-8,11-16,21H,3,17-20H2,1-2H3,(H,29,32). The third kappa shape index (κ3) is 5.38. The average molecular weight is 424 g/mol. The molecule has 162 valence electrons. The summed E-state index contributed by atoms with van der Waals surface area (Å²) in [5, 5.41) is 3.05. The van der Waals surface area contributed by atoms with Crippen molar-refractivity contribution in [3.05, 3.63) is 95.1 Å². The maximum atomic E-state index is 12.7. The molecule has 3 aromatic rings. The highest BCUT2D eigenvalue weighted by Gasteiger charge is 2.16. The second-order valence-electron chi connectivity index (χ2n) is 8.07. The Morgan fingerprint density at radius 2 is 1.53 bits per heavy atom. The maximum Gasteiger partial charge on any atom is 0.255 e. The van der Waals surface area contributed by atoms with E-state index in [9.17, 15) is 4.79 Å². The van der Waals surface area contributed by atoms with Gasteiger partial charge in [-0.05, 0) is 73.6 Å². The van der Waals surface area contributed by atoms with Crippen molar-refractivity contribution in [1.29, 1.82) is 0 Å². The fourth-order valence-corrected chi connectivity index (χ4v) is 3.87. The number of nitrogens with zero attached hydrogens (tertiary/aromatic N) is 2. The number of anilines is 2. The molecule has 0 bridgehead atoms. The van der Waals surface area contributed by atoms with Crippen molar-refractivity contribution in [3.8, 4) is 11.8 Å². The number of carbonyl (C=O) groups excluding carboxylic acids is 1. The molecule has 4 rings (SSSR count). The first kappa shape index (κ1) is 21.7. The van der Waals surface area contributed by atoms with Gasteiger partial charge in [0.25, 0.3) is 5.91 Å². The zero-order chi connectivity index (χ0) is 22.3. The van der Waals surface area contributed by atoms with Crippen molar-refractivity contribution in [1.82, 2.24) is 4.90 Å². The number of hydrogen-bond donors (Lipinski definition) is 1. The van der Waals surface area contributed by atoms with Gasteiger partial charge in [-0.3, -0.25) is 4.79 Å². The molecule has 0 spiro atoms. The van der Waals surface area contributed by atoms with E-state index < -0.39 is 0 Å². The number of likely N-dealkylation sites (N-methyl/N-ethyl adjacent to an activating group) is 1. The Hall–Kier alpha value is -3.55. The number of amides is 1. The molecular formula is C28H29N3O. The van der Waals surface area contributed by atoms with Crippen LogP contribution in [0.15, 0.2) is 72.8 Å². The van der Waals surface area contributed by atoms with E-state index in [-0.39, 0.29) is 5.91 Å². The number of rotatable bonds is 4. The third-order valence-corrected chi connectivity index (χ3v) is 5.91. The first-order valence-corrected chi connectivity index (χ1v) is 11.2. The summed E-state index contributed by atoms with van der Waals surface area (Å²) in [6, 6.07) is 23.6. The minimum absolute atomic E-state index is 0.111. The van der Waals surface area contributed by atoms with Crippen LogP contribution in [0, 0.1) is 18.8 Å². The number of carbonyl (C=O) groups is 1. The lowest BCUT2D eigenvalue weighted by Crippen LogP contribution is -2.46. The van der Waals surface area contributed by atoms with Crippen LogP contribution in [0.5, 0.6) is 0 Å². The Labute approximate surface area is 190 Å². The SMILES string of the molecule is CCN1CCN(c2ccc(NC(=O)c3ccc(C#Cc4ccccc4)cc3)c(C)c2)CC1. The monoisotopic (exact) mass is 423 g/mol. The fraction of sp³-hybridized carbons (Fsp3) is 0.250. The van der Waals surface area contributed by atoms with Gasteiger partial charge in [-0.1, -0.05) is 37.0 Å². The van der Waals surface area contributed by atoms with Crippen LogP contribution in [-0.2, 0) is 0 Å². The summed E-state index contributed by atoms with van der Waals surface area (Å²) in [6.45, 7) is 9.64. The summed E-state index contributed by atoms with van der Waals surface area (Å²) >= 11 is 0. The molecule has 4 nitrogen and oxygen atoms in total. The third-order valence-electron chi connectivity index (χ3n) is 5.91. The van der Waals surface area contributed by atoms with Crippen LogP contribution in [0.4, 0.5) is 11.4 Å². The molecule has 0 saturated carbocycles. The number of hydrogen-bond acceptors (Lipinski definition) is 3. The first-order valence-electron chi connectivity index (χ1n) is 11.2. The Kier molecular flexibility index (Phi) is 6.89. The van der Waals surface area contributed by atoms with E-state index in [2.05, 4.69) is 46.0 Å². The van der Waals surface area contributed by atoms with Gasteiger partial charge in [0.1, 0.15) is 0 Å². The Morgan fingerprint density at radius 1 is 0.875 bits per heavy atom. The Bertz CT molecular complexity index is 1120. The van der Waals surface area contributed by atoms with E-state index in [1.807, 2.05) is 67.6 Å². The van der Waals surface area contributed by atoms with Crippen LogP contribution < -0.4 is 10.2 Å². The van der Waals surface area contributed by atoms with Crippen molar-refractivity contribution in [3.63, 3.8) is 0 Å². The van der Waals surface area contributed by atoms with E-state index in [1.165, 1.54) is 5.69 Å². The van der Waals surface area contributed by atoms with Crippen molar-refractivity contribution in [2.75, 3.05) is 42.9 Å².